The third-order valence-corrected chi connectivity index (χ3v) is 2.32. The van der Waals surface area contributed by atoms with Crippen molar-refractivity contribution in [3.05, 3.63) is 18.3 Å². The molecule has 17 heavy (non-hydrogen) atoms. The third-order valence-electron chi connectivity index (χ3n) is 2.32. The van der Waals surface area contributed by atoms with Gasteiger partial charge >= 0.3 is 0 Å². The van der Waals surface area contributed by atoms with E-state index in [9.17, 15) is 0 Å². The molecule has 0 aliphatic rings. The minimum Gasteiger partial charge on any atom is -0.490 e. The summed E-state index contributed by atoms with van der Waals surface area (Å²) in [6.07, 6.45) is 4.20. The number of aromatic nitrogens is 1. The lowest BCUT2D eigenvalue weighted by Crippen LogP contribution is -2.09. The van der Waals surface area contributed by atoms with Gasteiger partial charge in [-0.15, -0.1) is 0 Å². The van der Waals surface area contributed by atoms with Crippen LogP contribution in [0.5, 0.6) is 5.75 Å². The van der Waals surface area contributed by atoms with Gasteiger partial charge in [-0.3, -0.25) is 0 Å². The Labute approximate surface area is 103 Å². The van der Waals surface area contributed by atoms with Crippen LogP contribution in [0.4, 0.5) is 5.82 Å². The Kier molecular flexibility index (Phi) is 6.40. The van der Waals surface area contributed by atoms with E-state index >= 15 is 0 Å². The summed E-state index contributed by atoms with van der Waals surface area (Å²) in [5, 5.41) is 12.4. The van der Waals surface area contributed by atoms with Gasteiger partial charge in [0.25, 0.3) is 0 Å². The molecular formula is C13H22N2O2. The van der Waals surface area contributed by atoms with Gasteiger partial charge in [0.2, 0.25) is 0 Å². The van der Waals surface area contributed by atoms with Gasteiger partial charge in [-0.05, 0) is 38.3 Å². The van der Waals surface area contributed by atoms with E-state index in [4.69, 9.17) is 9.84 Å². The molecule has 96 valence electrons. The lowest BCUT2D eigenvalue weighted by atomic mass is 10.2. The fourth-order valence-electron chi connectivity index (χ4n) is 1.46. The molecule has 4 nitrogen and oxygen atoms in total. The maximum absolute atomic E-state index is 9.15. The van der Waals surface area contributed by atoms with Crippen molar-refractivity contribution in [1.29, 1.82) is 0 Å². The Bertz CT molecular complexity index is 316. The second-order valence-corrected chi connectivity index (χ2v) is 4.12. The van der Waals surface area contributed by atoms with Gasteiger partial charge in [0.1, 0.15) is 0 Å². The fraction of sp³-hybridized carbons (Fsp3) is 0.615. The zero-order chi connectivity index (χ0) is 12.5. The molecule has 0 aromatic carbocycles. The van der Waals surface area contributed by atoms with Crippen LogP contribution in [0.25, 0.3) is 0 Å². The van der Waals surface area contributed by atoms with E-state index < -0.39 is 0 Å². The molecule has 2 N–H and O–H groups in total. The van der Waals surface area contributed by atoms with Crippen LogP contribution in [0.2, 0.25) is 0 Å². The van der Waals surface area contributed by atoms with Crippen molar-refractivity contribution in [2.75, 3.05) is 18.5 Å². The molecule has 0 saturated heterocycles. The Balaban J connectivity index is 2.40. The number of pyridine rings is 1. The highest BCUT2D eigenvalue weighted by Gasteiger charge is 2.03. The molecule has 0 aliphatic carbocycles. The first-order valence-electron chi connectivity index (χ1n) is 6.23. The van der Waals surface area contributed by atoms with E-state index in [2.05, 4.69) is 17.2 Å². The third kappa shape index (κ3) is 5.54. The second kappa shape index (κ2) is 7.90. The fourth-order valence-corrected chi connectivity index (χ4v) is 1.46. The summed E-state index contributed by atoms with van der Waals surface area (Å²) >= 11 is 0. The summed E-state index contributed by atoms with van der Waals surface area (Å²) < 4.78 is 5.59. The van der Waals surface area contributed by atoms with E-state index in [-0.39, 0.29) is 6.10 Å². The largest absolute Gasteiger partial charge is 0.490 e. The SMILES string of the molecule is CCCOc1cccnc1NCCCC(C)O. The van der Waals surface area contributed by atoms with Crippen molar-refractivity contribution in [3.63, 3.8) is 0 Å². The topological polar surface area (TPSA) is 54.4 Å². The molecule has 1 unspecified atom stereocenters. The van der Waals surface area contributed by atoms with E-state index in [1.54, 1.807) is 13.1 Å². The summed E-state index contributed by atoms with van der Waals surface area (Å²) in [6.45, 7) is 5.38. The molecule has 0 saturated carbocycles. The van der Waals surface area contributed by atoms with Gasteiger partial charge in [0, 0.05) is 12.7 Å². The molecule has 0 spiro atoms. The summed E-state index contributed by atoms with van der Waals surface area (Å²) in [5.74, 6) is 1.58. The van der Waals surface area contributed by atoms with Gasteiger partial charge in [-0.25, -0.2) is 4.98 Å². The van der Waals surface area contributed by atoms with Crippen molar-refractivity contribution in [2.45, 2.75) is 39.2 Å². The predicted molar refractivity (Wildman–Crippen MR) is 69.4 cm³/mol. The highest BCUT2D eigenvalue weighted by Crippen LogP contribution is 2.20. The smallest absolute Gasteiger partial charge is 0.168 e. The number of rotatable bonds is 8. The quantitative estimate of drug-likeness (QED) is 0.683. The Morgan fingerprint density at radius 1 is 1.53 bits per heavy atom. The monoisotopic (exact) mass is 238 g/mol. The molecule has 0 radical (unpaired) electrons. The lowest BCUT2D eigenvalue weighted by molar-refractivity contribution is 0.183. The number of ether oxygens (including phenoxy) is 1. The highest BCUT2D eigenvalue weighted by molar-refractivity contribution is 5.49. The first-order chi connectivity index (χ1) is 8.24. The van der Waals surface area contributed by atoms with Gasteiger partial charge in [-0.2, -0.15) is 0 Å². The number of hydrogen-bond donors (Lipinski definition) is 2. The minimum absolute atomic E-state index is 0.239. The number of hydrogen-bond acceptors (Lipinski definition) is 4. The van der Waals surface area contributed by atoms with Crippen LogP contribution in [0, 0.1) is 0 Å². The van der Waals surface area contributed by atoms with Crippen molar-refractivity contribution < 1.29 is 9.84 Å². The van der Waals surface area contributed by atoms with Crippen molar-refractivity contribution in [3.8, 4) is 5.75 Å². The highest BCUT2D eigenvalue weighted by atomic mass is 16.5. The van der Waals surface area contributed by atoms with Crippen LogP contribution >= 0.6 is 0 Å². The molecule has 4 heteroatoms. The van der Waals surface area contributed by atoms with Crippen molar-refractivity contribution >= 4 is 5.82 Å². The minimum atomic E-state index is -0.239. The molecule has 1 atom stereocenters. The predicted octanol–water partition coefficient (Wildman–Crippen LogP) is 2.44. The maximum atomic E-state index is 9.15. The van der Waals surface area contributed by atoms with E-state index in [0.29, 0.717) is 6.61 Å². The summed E-state index contributed by atoms with van der Waals surface area (Å²) in [7, 11) is 0. The van der Waals surface area contributed by atoms with Crippen LogP contribution < -0.4 is 10.1 Å². The van der Waals surface area contributed by atoms with Crippen LogP contribution in [0.15, 0.2) is 18.3 Å². The Hall–Kier alpha value is -1.29. The van der Waals surface area contributed by atoms with Crippen LogP contribution in [-0.4, -0.2) is 29.3 Å². The zero-order valence-corrected chi connectivity index (χ0v) is 10.6. The lowest BCUT2D eigenvalue weighted by Gasteiger charge is -2.11. The number of anilines is 1. The number of nitrogens with zero attached hydrogens (tertiary/aromatic N) is 1. The first kappa shape index (κ1) is 13.8. The van der Waals surface area contributed by atoms with Crippen molar-refractivity contribution in [1.82, 2.24) is 4.98 Å². The van der Waals surface area contributed by atoms with Gasteiger partial charge in [0.05, 0.1) is 12.7 Å². The van der Waals surface area contributed by atoms with Gasteiger partial charge in [0.15, 0.2) is 11.6 Å². The van der Waals surface area contributed by atoms with Crippen molar-refractivity contribution in [2.24, 2.45) is 0 Å². The van der Waals surface area contributed by atoms with E-state index in [1.165, 1.54) is 0 Å². The van der Waals surface area contributed by atoms with Crippen LogP contribution in [0.3, 0.4) is 0 Å². The molecular weight excluding hydrogens is 216 g/mol. The number of aliphatic hydroxyl groups excluding tert-OH is 1. The molecule has 0 amide bonds. The van der Waals surface area contributed by atoms with Gasteiger partial charge < -0.3 is 15.2 Å². The average Bonchev–Trinajstić information content (AvgIpc) is 2.33. The average molecular weight is 238 g/mol. The van der Waals surface area contributed by atoms with E-state index in [0.717, 1.165) is 37.4 Å². The standard InChI is InChI=1S/C13H22N2O2/c1-3-10-17-12-7-5-9-15-13(12)14-8-4-6-11(2)16/h5,7,9,11,16H,3-4,6,8,10H2,1-2H3,(H,14,15). The number of aliphatic hydroxyl groups is 1. The molecule has 1 rings (SSSR count). The Morgan fingerprint density at radius 2 is 2.35 bits per heavy atom. The zero-order valence-electron chi connectivity index (χ0n) is 10.6. The first-order valence-corrected chi connectivity index (χ1v) is 6.23. The van der Waals surface area contributed by atoms with Gasteiger partial charge in [-0.1, -0.05) is 6.92 Å². The summed E-state index contributed by atoms with van der Waals surface area (Å²) in [5.41, 5.74) is 0. The molecule has 0 fully saturated rings. The number of nitrogens with one attached hydrogen (secondary N) is 1. The molecule has 1 aromatic rings. The molecule has 1 aromatic heterocycles. The molecule has 1 heterocycles. The van der Waals surface area contributed by atoms with Crippen LogP contribution in [-0.2, 0) is 0 Å². The maximum Gasteiger partial charge on any atom is 0.168 e. The van der Waals surface area contributed by atoms with E-state index in [1.807, 2.05) is 12.1 Å². The molecule has 0 aliphatic heterocycles. The summed E-state index contributed by atoms with van der Waals surface area (Å²) in [6, 6.07) is 3.78. The normalized spacial score (nSPS) is 12.2. The second-order valence-electron chi connectivity index (χ2n) is 4.12. The molecule has 0 bridgehead atoms. The summed E-state index contributed by atoms with van der Waals surface area (Å²) in [4.78, 5) is 4.25. The van der Waals surface area contributed by atoms with Crippen LogP contribution in [0.1, 0.15) is 33.1 Å². The Morgan fingerprint density at radius 3 is 3.06 bits per heavy atom.